The third-order valence-electron chi connectivity index (χ3n) is 1.81. The van der Waals surface area contributed by atoms with Crippen LogP contribution in [0.5, 0.6) is 0 Å². The number of hydrogen-bond donors (Lipinski definition) is 0. The predicted molar refractivity (Wildman–Crippen MR) is 48.3 cm³/mol. The van der Waals surface area contributed by atoms with Gasteiger partial charge in [0.15, 0.2) is 0 Å². The van der Waals surface area contributed by atoms with Crippen LogP contribution in [0.15, 0.2) is 5.57 Å². The molecule has 1 nitrogen and oxygen atoms in total. The Kier molecular flexibility index (Phi) is 7.18. The van der Waals surface area contributed by atoms with E-state index >= 15 is 0 Å². The van der Waals surface area contributed by atoms with E-state index in [1.54, 1.807) is 0 Å². The highest BCUT2D eigenvalue weighted by Crippen LogP contribution is 2.11. The van der Waals surface area contributed by atoms with Crippen molar-refractivity contribution in [2.24, 2.45) is 0 Å². The van der Waals surface area contributed by atoms with Crippen molar-refractivity contribution in [3.05, 3.63) is 5.57 Å². The van der Waals surface area contributed by atoms with Crippen LogP contribution in [-0.2, 0) is 4.79 Å². The zero-order chi connectivity index (χ0) is 8.53. The Balaban J connectivity index is 3.52. The molecule has 0 atom stereocenters. The van der Waals surface area contributed by atoms with Crippen LogP contribution >= 0.6 is 0 Å². The number of unbranched alkanes of at least 4 members (excludes halogenated alkanes) is 2. The van der Waals surface area contributed by atoms with E-state index < -0.39 is 0 Å². The van der Waals surface area contributed by atoms with E-state index in [1.165, 1.54) is 0 Å². The van der Waals surface area contributed by atoms with Crippen molar-refractivity contribution in [1.82, 2.24) is 0 Å². The van der Waals surface area contributed by atoms with E-state index in [1.807, 2.05) is 5.94 Å². The molecule has 0 saturated heterocycles. The van der Waals surface area contributed by atoms with Crippen molar-refractivity contribution in [2.45, 2.75) is 52.4 Å². The van der Waals surface area contributed by atoms with E-state index in [4.69, 9.17) is 0 Å². The number of carbonyl (C=O) groups excluding carboxylic acids is 1. The van der Waals surface area contributed by atoms with E-state index in [-0.39, 0.29) is 0 Å². The molecule has 0 N–H and O–H groups in total. The summed E-state index contributed by atoms with van der Waals surface area (Å²) < 4.78 is 0. The Morgan fingerprint density at radius 1 is 1.09 bits per heavy atom. The molecule has 0 aromatic rings. The molecule has 0 aliphatic heterocycles. The Morgan fingerprint density at radius 2 is 1.55 bits per heavy atom. The molecule has 0 radical (unpaired) electrons. The lowest BCUT2D eigenvalue weighted by atomic mass is 10.0. The smallest absolute Gasteiger partial charge is 0.123 e. The lowest BCUT2D eigenvalue weighted by Gasteiger charge is -1.99. The SMILES string of the molecule is CCCCC(=C=O)CCCC. The minimum absolute atomic E-state index is 0.958. The molecule has 64 valence electrons. The van der Waals surface area contributed by atoms with Crippen molar-refractivity contribution in [2.75, 3.05) is 0 Å². The van der Waals surface area contributed by atoms with Crippen LogP contribution in [-0.4, -0.2) is 5.94 Å². The highest BCUT2D eigenvalue weighted by atomic mass is 16.1. The molecule has 0 spiro atoms. The Hall–Kier alpha value is -0.550. The summed E-state index contributed by atoms with van der Waals surface area (Å²) in [6.07, 6.45) is 6.51. The van der Waals surface area contributed by atoms with Crippen molar-refractivity contribution < 1.29 is 4.79 Å². The van der Waals surface area contributed by atoms with Gasteiger partial charge in [0.05, 0.1) is 0 Å². The quantitative estimate of drug-likeness (QED) is 0.537. The number of rotatable bonds is 6. The van der Waals surface area contributed by atoms with Gasteiger partial charge in [0.2, 0.25) is 0 Å². The minimum atomic E-state index is 0.958. The first-order valence-corrected chi connectivity index (χ1v) is 4.58. The maximum atomic E-state index is 10.4. The van der Waals surface area contributed by atoms with Gasteiger partial charge in [-0.05, 0) is 25.7 Å². The van der Waals surface area contributed by atoms with Crippen LogP contribution in [0.1, 0.15) is 52.4 Å². The van der Waals surface area contributed by atoms with Gasteiger partial charge in [-0.1, -0.05) is 26.7 Å². The van der Waals surface area contributed by atoms with Crippen LogP contribution in [0, 0.1) is 0 Å². The standard InChI is InChI=1S/C10H18O/c1-3-5-7-10(9-11)8-6-4-2/h3-8H2,1-2H3. The van der Waals surface area contributed by atoms with Crippen LogP contribution in [0.3, 0.4) is 0 Å². The van der Waals surface area contributed by atoms with E-state index in [0.717, 1.165) is 44.1 Å². The van der Waals surface area contributed by atoms with Gasteiger partial charge in [0, 0.05) is 5.57 Å². The molecule has 0 rings (SSSR count). The second-order valence-electron chi connectivity index (χ2n) is 2.91. The zero-order valence-corrected chi connectivity index (χ0v) is 7.65. The minimum Gasteiger partial charge on any atom is -0.234 e. The molecule has 0 aliphatic rings. The van der Waals surface area contributed by atoms with Gasteiger partial charge in [0.25, 0.3) is 0 Å². The van der Waals surface area contributed by atoms with E-state index in [9.17, 15) is 4.79 Å². The normalized spacial score (nSPS) is 9.27. The first kappa shape index (κ1) is 10.4. The second kappa shape index (κ2) is 7.56. The molecule has 0 bridgehead atoms. The van der Waals surface area contributed by atoms with Crippen molar-refractivity contribution in [3.63, 3.8) is 0 Å². The van der Waals surface area contributed by atoms with Gasteiger partial charge < -0.3 is 0 Å². The fourth-order valence-corrected chi connectivity index (χ4v) is 1.01. The third-order valence-corrected chi connectivity index (χ3v) is 1.81. The maximum absolute atomic E-state index is 10.4. The number of hydrogen-bond acceptors (Lipinski definition) is 1. The molecule has 0 heterocycles. The third kappa shape index (κ3) is 5.87. The summed E-state index contributed by atoms with van der Waals surface area (Å²) in [5.74, 6) is 2.04. The molecule has 0 aromatic heterocycles. The van der Waals surface area contributed by atoms with E-state index in [0.29, 0.717) is 0 Å². The highest BCUT2D eigenvalue weighted by molar-refractivity contribution is 5.52. The molecule has 0 amide bonds. The monoisotopic (exact) mass is 154 g/mol. The molecule has 0 aromatic carbocycles. The van der Waals surface area contributed by atoms with Crippen molar-refractivity contribution in [3.8, 4) is 0 Å². The topological polar surface area (TPSA) is 17.1 Å². The summed E-state index contributed by atoms with van der Waals surface area (Å²) in [4.78, 5) is 10.4. The predicted octanol–water partition coefficient (Wildman–Crippen LogP) is 3.12. The average Bonchev–Trinajstić information content (AvgIpc) is 2.05. The van der Waals surface area contributed by atoms with Crippen molar-refractivity contribution >= 4 is 5.94 Å². The van der Waals surface area contributed by atoms with Crippen LogP contribution < -0.4 is 0 Å². The summed E-state index contributed by atoms with van der Waals surface area (Å²) in [6.45, 7) is 4.28. The Labute approximate surface area is 69.5 Å². The first-order chi connectivity index (χ1) is 5.35. The molecule has 0 aliphatic carbocycles. The summed E-state index contributed by atoms with van der Waals surface area (Å²) >= 11 is 0. The number of allylic oxidation sites excluding steroid dienone is 1. The van der Waals surface area contributed by atoms with Gasteiger partial charge in [-0.2, -0.15) is 0 Å². The van der Waals surface area contributed by atoms with Gasteiger partial charge in [-0.25, -0.2) is 4.79 Å². The molecule has 0 saturated carbocycles. The second-order valence-corrected chi connectivity index (χ2v) is 2.91. The summed E-state index contributed by atoms with van der Waals surface area (Å²) in [5, 5.41) is 0. The van der Waals surface area contributed by atoms with Crippen LogP contribution in [0.4, 0.5) is 0 Å². The van der Waals surface area contributed by atoms with Gasteiger partial charge in [-0.15, -0.1) is 0 Å². The van der Waals surface area contributed by atoms with Gasteiger partial charge >= 0.3 is 0 Å². The molecule has 0 fully saturated rings. The van der Waals surface area contributed by atoms with E-state index in [2.05, 4.69) is 13.8 Å². The maximum Gasteiger partial charge on any atom is 0.123 e. The van der Waals surface area contributed by atoms with Gasteiger partial charge in [0.1, 0.15) is 5.94 Å². The van der Waals surface area contributed by atoms with Crippen molar-refractivity contribution in [1.29, 1.82) is 0 Å². The fraction of sp³-hybridized carbons (Fsp3) is 0.800. The Bertz CT molecular complexity index is 122. The highest BCUT2D eigenvalue weighted by Gasteiger charge is 1.96. The molecular weight excluding hydrogens is 136 g/mol. The van der Waals surface area contributed by atoms with Crippen LogP contribution in [0.25, 0.3) is 0 Å². The molecule has 0 unspecified atom stereocenters. The summed E-state index contributed by atoms with van der Waals surface area (Å²) in [6, 6.07) is 0. The lowest BCUT2D eigenvalue weighted by molar-refractivity contribution is 0.562. The summed E-state index contributed by atoms with van der Waals surface area (Å²) in [7, 11) is 0. The largest absolute Gasteiger partial charge is 0.234 e. The van der Waals surface area contributed by atoms with Gasteiger partial charge in [-0.3, -0.25) is 0 Å². The molecular formula is C10H18O. The summed E-state index contributed by atoms with van der Waals surface area (Å²) in [5.41, 5.74) is 0.980. The fourth-order valence-electron chi connectivity index (χ4n) is 1.01. The molecule has 1 heteroatoms. The first-order valence-electron chi connectivity index (χ1n) is 4.58. The zero-order valence-electron chi connectivity index (χ0n) is 7.65. The Morgan fingerprint density at radius 3 is 1.82 bits per heavy atom. The lowest BCUT2D eigenvalue weighted by Crippen LogP contribution is -1.85. The molecule has 11 heavy (non-hydrogen) atoms. The average molecular weight is 154 g/mol. The van der Waals surface area contributed by atoms with Crippen LogP contribution in [0.2, 0.25) is 0 Å².